The van der Waals surface area contributed by atoms with E-state index in [-0.39, 0.29) is 12.5 Å². The number of nitrogens with zero attached hydrogens (tertiary/aromatic N) is 1. The minimum Gasteiger partial charge on any atom is -0.395 e. The Morgan fingerprint density at radius 2 is 1.15 bits per heavy atom. The number of hydrogen-bond acceptors (Lipinski definition) is 7. The molecule has 2 atom stereocenters. The number of carbonyl (C=O) groups is 2. The van der Waals surface area contributed by atoms with Crippen molar-refractivity contribution in [3.8, 4) is 11.5 Å². The Kier molecular flexibility index (Phi) is 8.95. The van der Waals surface area contributed by atoms with Gasteiger partial charge >= 0.3 is 7.82 Å². The van der Waals surface area contributed by atoms with Crippen LogP contribution >= 0.6 is 7.82 Å². The number of phosphoric ester groups is 1. The van der Waals surface area contributed by atoms with Crippen molar-refractivity contribution in [3.63, 3.8) is 0 Å². The maximum atomic E-state index is 14.1. The first kappa shape index (κ1) is 28.3. The molecule has 0 radical (unpaired) electrons. The van der Waals surface area contributed by atoms with Gasteiger partial charge in [-0.2, -0.15) is 0 Å². The maximum Gasteiger partial charge on any atom is 0.588 e. The van der Waals surface area contributed by atoms with E-state index in [1.54, 1.807) is 72.8 Å². The van der Waals surface area contributed by atoms with Gasteiger partial charge in [-0.1, -0.05) is 85.8 Å². The van der Waals surface area contributed by atoms with Crippen molar-refractivity contribution in [2.24, 2.45) is 5.92 Å². The lowest BCUT2D eigenvalue weighted by Crippen LogP contribution is -2.30. The highest BCUT2D eigenvalue weighted by Gasteiger charge is 2.38. The van der Waals surface area contributed by atoms with Gasteiger partial charge in [-0.15, -0.1) is 5.06 Å². The second kappa shape index (κ2) is 13.0. The van der Waals surface area contributed by atoms with Crippen LogP contribution in [-0.4, -0.2) is 23.5 Å². The number of rotatable bonds is 13. The summed E-state index contributed by atoms with van der Waals surface area (Å²) in [5, 5.41) is 0.818. The lowest BCUT2D eigenvalue weighted by Gasteiger charge is -2.26. The first-order chi connectivity index (χ1) is 19.9. The highest BCUT2D eigenvalue weighted by molar-refractivity contribution is 7.49. The molecule has 9 heteroatoms. The van der Waals surface area contributed by atoms with Crippen molar-refractivity contribution >= 4 is 19.6 Å². The lowest BCUT2D eigenvalue weighted by molar-refractivity contribution is -0.0950. The standard InChI is InChI=1S/C32H30NO7P/c1-24(21-22-37-33-31(34)28-19-11-12-20-29(28)32(33)35)23-30(25-13-5-2-6-14-25)40-41(36,38-26-15-7-3-8-16-26)39-27-17-9-4-10-18-27/h2-20,24,30H,21-23H2,1H3. The third kappa shape index (κ3) is 7.11. The van der Waals surface area contributed by atoms with Crippen LogP contribution in [0, 0.1) is 5.92 Å². The van der Waals surface area contributed by atoms with E-state index < -0.39 is 25.7 Å². The van der Waals surface area contributed by atoms with Gasteiger partial charge in [0, 0.05) is 0 Å². The van der Waals surface area contributed by atoms with Gasteiger partial charge in [0.2, 0.25) is 0 Å². The molecule has 2 unspecified atom stereocenters. The number of para-hydroxylation sites is 2. The summed E-state index contributed by atoms with van der Waals surface area (Å²) in [7, 11) is -4.16. The third-order valence-electron chi connectivity index (χ3n) is 6.55. The van der Waals surface area contributed by atoms with Crippen LogP contribution in [0.1, 0.15) is 52.1 Å². The predicted molar refractivity (Wildman–Crippen MR) is 153 cm³/mol. The molecule has 41 heavy (non-hydrogen) atoms. The van der Waals surface area contributed by atoms with Crippen LogP contribution in [0.3, 0.4) is 0 Å². The van der Waals surface area contributed by atoms with E-state index in [0.717, 1.165) is 10.6 Å². The van der Waals surface area contributed by atoms with Crippen LogP contribution in [0.25, 0.3) is 0 Å². The summed E-state index contributed by atoms with van der Waals surface area (Å²) in [5.74, 6) is -0.263. The van der Waals surface area contributed by atoms with Crippen LogP contribution in [-0.2, 0) is 13.9 Å². The molecule has 1 aliphatic heterocycles. The Morgan fingerprint density at radius 3 is 1.66 bits per heavy atom. The molecule has 0 aromatic heterocycles. The largest absolute Gasteiger partial charge is 0.588 e. The maximum absolute atomic E-state index is 14.1. The topological polar surface area (TPSA) is 91.4 Å². The SMILES string of the molecule is CC(CCON1C(=O)c2ccccc2C1=O)CC(OP(=O)(Oc1ccccc1)Oc1ccccc1)c1ccccc1. The van der Waals surface area contributed by atoms with E-state index in [4.69, 9.17) is 18.4 Å². The molecule has 0 bridgehead atoms. The zero-order valence-corrected chi connectivity index (χ0v) is 23.4. The number of amides is 2. The number of carbonyl (C=O) groups excluding carboxylic acids is 2. The molecule has 0 saturated carbocycles. The summed E-state index contributed by atoms with van der Waals surface area (Å²) in [6.45, 7) is 2.12. The van der Waals surface area contributed by atoms with Crippen molar-refractivity contribution in [3.05, 3.63) is 132 Å². The number of imide groups is 1. The zero-order chi connectivity index (χ0) is 28.7. The monoisotopic (exact) mass is 571 g/mol. The molecule has 1 heterocycles. The molecule has 0 N–H and O–H groups in total. The van der Waals surface area contributed by atoms with Crippen LogP contribution < -0.4 is 9.05 Å². The van der Waals surface area contributed by atoms with Crippen molar-refractivity contribution in [2.45, 2.75) is 25.9 Å². The van der Waals surface area contributed by atoms with Crippen LogP contribution in [0.15, 0.2) is 115 Å². The highest BCUT2D eigenvalue weighted by atomic mass is 31.2. The molecule has 5 rings (SSSR count). The zero-order valence-electron chi connectivity index (χ0n) is 22.5. The van der Waals surface area contributed by atoms with Crippen molar-refractivity contribution in [2.75, 3.05) is 6.61 Å². The van der Waals surface area contributed by atoms with Gasteiger partial charge in [0.05, 0.1) is 23.8 Å². The second-order valence-corrected chi connectivity index (χ2v) is 11.1. The summed E-state index contributed by atoms with van der Waals surface area (Å²) >= 11 is 0. The molecule has 4 aromatic carbocycles. The number of phosphoric acid groups is 1. The minimum absolute atomic E-state index is 0.0164. The van der Waals surface area contributed by atoms with Crippen LogP contribution in [0.5, 0.6) is 11.5 Å². The molecule has 0 spiro atoms. The molecule has 4 aromatic rings. The van der Waals surface area contributed by atoms with E-state index in [2.05, 4.69) is 0 Å². The quantitative estimate of drug-likeness (QED) is 0.120. The molecule has 0 aliphatic carbocycles. The Morgan fingerprint density at radius 1 is 0.683 bits per heavy atom. The fourth-order valence-corrected chi connectivity index (χ4v) is 5.86. The van der Waals surface area contributed by atoms with Gasteiger partial charge in [0.1, 0.15) is 11.5 Å². The van der Waals surface area contributed by atoms with Gasteiger partial charge < -0.3 is 9.05 Å². The molecule has 0 fully saturated rings. The smallest absolute Gasteiger partial charge is 0.395 e. The summed E-state index contributed by atoms with van der Waals surface area (Å²) in [6.07, 6.45) is 0.294. The summed E-state index contributed by atoms with van der Waals surface area (Å²) in [6, 6.07) is 33.5. The summed E-state index contributed by atoms with van der Waals surface area (Å²) < 4.78 is 32.0. The average molecular weight is 572 g/mol. The van der Waals surface area contributed by atoms with Crippen molar-refractivity contribution in [1.82, 2.24) is 5.06 Å². The van der Waals surface area contributed by atoms with Gasteiger partial charge in [-0.05, 0) is 60.7 Å². The third-order valence-corrected chi connectivity index (χ3v) is 7.93. The van der Waals surface area contributed by atoms with Gasteiger partial charge in [0.25, 0.3) is 11.8 Å². The minimum atomic E-state index is -4.16. The molecule has 2 amide bonds. The van der Waals surface area contributed by atoms with Gasteiger partial charge in [-0.3, -0.25) is 19.0 Å². The average Bonchev–Trinajstić information content (AvgIpc) is 3.23. The van der Waals surface area contributed by atoms with Crippen molar-refractivity contribution in [1.29, 1.82) is 0 Å². The van der Waals surface area contributed by atoms with Gasteiger partial charge in [0.15, 0.2) is 0 Å². The number of hydroxylamine groups is 2. The Balaban J connectivity index is 1.29. The predicted octanol–water partition coefficient (Wildman–Crippen LogP) is 7.65. The number of hydrogen-bond donors (Lipinski definition) is 0. The first-order valence-electron chi connectivity index (χ1n) is 13.4. The van der Waals surface area contributed by atoms with Crippen LogP contribution in [0.4, 0.5) is 0 Å². The molecule has 8 nitrogen and oxygen atoms in total. The molecule has 1 aliphatic rings. The van der Waals surface area contributed by atoms with E-state index in [9.17, 15) is 14.2 Å². The van der Waals surface area contributed by atoms with E-state index >= 15 is 0 Å². The number of benzene rings is 4. The first-order valence-corrected chi connectivity index (χ1v) is 14.8. The van der Waals surface area contributed by atoms with Crippen LogP contribution in [0.2, 0.25) is 0 Å². The van der Waals surface area contributed by atoms with Gasteiger partial charge in [-0.25, -0.2) is 4.57 Å². The van der Waals surface area contributed by atoms with E-state index in [0.29, 0.717) is 35.5 Å². The Labute approximate surface area is 239 Å². The molecule has 0 saturated heterocycles. The lowest BCUT2D eigenvalue weighted by atomic mass is 9.96. The Bertz CT molecular complexity index is 1430. The molecule has 210 valence electrons. The van der Waals surface area contributed by atoms with Crippen molar-refractivity contribution < 1.29 is 32.6 Å². The fourth-order valence-electron chi connectivity index (χ4n) is 4.46. The highest BCUT2D eigenvalue weighted by Crippen LogP contribution is 2.54. The van der Waals surface area contributed by atoms with E-state index in [1.807, 2.05) is 49.4 Å². The van der Waals surface area contributed by atoms with E-state index in [1.165, 1.54) is 0 Å². The second-order valence-electron chi connectivity index (χ2n) is 9.67. The fraction of sp³-hybridized carbons (Fsp3) is 0.188. The number of fused-ring (bicyclic) bond motifs is 1. The summed E-state index contributed by atoms with van der Waals surface area (Å²) in [5.41, 5.74) is 1.46. The Hall–Kier alpha value is -4.23. The molecular formula is C32H30NO7P. The summed E-state index contributed by atoms with van der Waals surface area (Å²) in [4.78, 5) is 30.8. The normalized spacial score (nSPS) is 14.4. The molecular weight excluding hydrogens is 541 g/mol.